The Kier molecular flexibility index (Phi) is 3.76. The van der Waals surface area contributed by atoms with E-state index in [0.29, 0.717) is 11.5 Å². The van der Waals surface area contributed by atoms with Gasteiger partial charge in [-0.05, 0) is 23.1 Å². The van der Waals surface area contributed by atoms with Gasteiger partial charge in [-0.3, -0.25) is 10.1 Å². The summed E-state index contributed by atoms with van der Waals surface area (Å²) in [6.07, 6.45) is 1.13. The molecule has 6 heteroatoms. The van der Waals surface area contributed by atoms with Gasteiger partial charge >= 0.3 is 5.69 Å². The van der Waals surface area contributed by atoms with E-state index >= 15 is 0 Å². The Morgan fingerprint density at radius 1 is 1.26 bits per heavy atom. The van der Waals surface area contributed by atoms with E-state index in [1.807, 2.05) is 12.1 Å². The van der Waals surface area contributed by atoms with Crippen molar-refractivity contribution in [1.29, 1.82) is 0 Å². The topological polar surface area (TPSA) is 68.9 Å². The number of nitro groups is 1. The van der Waals surface area contributed by atoms with Crippen LogP contribution in [0, 0.1) is 10.1 Å². The third-order valence-electron chi connectivity index (χ3n) is 2.79. The van der Waals surface area contributed by atoms with Crippen molar-refractivity contribution in [3.8, 4) is 11.3 Å². The van der Waals surface area contributed by atoms with Crippen LogP contribution in [0.3, 0.4) is 0 Å². The molecule has 0 aliphatic carbocycles. The maximum atomic E-state index is 11.0. The molecule has 19 heavy (non-hydrogen) atoms. The zero-order valence-corrected chi connectivity index (χ0v) is 11.3. The van der Waals surface area contributed by atoms with Gasteiger partial charge in [-0.15, -0.1) is 0 Å². The molecule has 0 radical (unpaired) electrons. The molecule has 98 valence electrons. The van der Waals surface area contributed by atoms with E-state index in [1.54, 1.807) is 12.1 Å². The van der Waals surface area contributed by atoms with Crippen LogP contribution in [0.2, 0.25) is 5.28 Å². The van der Waals surface area contributed by atoms with Crippen LogP contribution in [0.5, 0.6) is 0 Å². The summed E-state index contributed by atoms with van der Waals surface area (Å²) in [6.45, 7) is 4.16. The highest BCUT2D eigenvalue weighted by molar-refractivity contribution is 6.28. The number of nitrogens with zero attached hydrogens (tertiary/aromatic N) is 3. The number of rotatable bonds is 3. The second kappa shape index (κ2) is 5.32. The van der Waals surface area contributed by atoms with Crippen molar-refractivity contribution in [3.05, 3.63) is 51.4 Å². The zero-order valence-electron chi connectivity index (χ0n) is 10.5. The highest BCUT2D eigenvalue weighted by Gasteiger charge is 2.18. The van der Waals surface area contributed by atoms with Gasteiger partial charge in [0.2, 0.25) is 5.28 Å². The largest absolute Gasteiger partial charge is 0.313 e. The predicted octanol–water partition coefficient (Wildman–Crippen LogP) is 3.83. The number of benzene rings is 1. The Morgan fingerprint density at radius 2 is 1.89 bits per heavy atom. The van der Waals surface area contributed by atoms with E-state index in [4.69, 9.17) is 11.6 Å². The minimum Gasteiger partial charge on any atom is -0.258 e. The smallest absolute Gasteiger partial charge is 0.258 e. The third-order valence-corrected chi connectivity index (χ3v) is 2.97. The number of hydrogen-bond donors (Lipinski definition) is 0. The molecule has 0 atom stereocenters. The van der Waals surface area contributed by atoms with Gasteiger partial charge in [0, 0.05) is 5.56 Å². The molecule has 1 heterocycles. The first kappa shape index (κ1) is 13.4. The van der Waals surface area contributed by atoms with Gasteiger partial charge in [-0.1, -0.05) is 38.1 Å². The number of aromatic nitrogens is 2. The van der Waals surface area contributed by atoms with Crippen LogP contribution in [0.25, 0.3) is 11.3 Å². The van der Waals surface area contributed by atoms with Gasteiger partial charge in [0.1, 0.15) is 6.20 Å². The molecule has 2 rings (SSSR count). The van der Waals surface area contributed by atoms with E-state index in [2.05, 4.69) is 23.8 Å². The van der Waals surface area contributed by atoms with Crippen molar-refractivity contribution in [1.82, 2.24) is 9.97 Å². The molecule has 5 nitrogen and oxygen atoms in total. The van der Waals surface area contributed by atoms with E-state index in [-0.39, 0.29) is 16.7 Å². The Labute approximate surface area is 115 Å². The Morgan fingerprint density at radius 3 is 2.42 bits per heavy atom. The summed E-state index contributed by atoms with van der Waals surface area (Å²) in [5.41, 5.74) is 1.90. The summed E-state index contributed by atoms with van der Waals surface area (Å²) in [6, 6.07) is 7.47. The van der Waals surface area contributed by atoms with E-state index < -0.39 is 4.92 Å². The van der Waals surface area contributed by atoms with Crippen LogP contribution in [-0.2, 0) is 0 Å². The monoisotopic (exact) mass is 277 g/mol. The normalized spacial score (nSPS) is 10.7. The quantitative estimate of drug-likeness (QED) is 0.486. The summed E-state index contributed by atoms with van der Waals surface area (Å²) in [7, 11) is 0. The molecule has 0 saturated carbocycles. The molecular formula is C13H12ClN3O2. The van der Waals surface area contributed by atoms with Crippen LogP contribution in [0.15, 0.2) is 30.5 Å². The lowest BCUT2D eigenvalue weighted by Gasteiger charge is -2.07. The van der Waals surface area contributed by atoms with E-state index in [0.717, 1.165) is 11.8 Å². The average molecular weight is 278 g/mol. The predicted molar refractivity (Wildman–Crippen MR) is 73.2 cm³/mol. The highest BCUT2D eigenvalue weighted by Crippen LogP contribution is 2.29. The molecule has 0 aliphatic heterocycles. The summed E-state index contributed by atoms with van der Waals surface area (Å²) in [5, 5.41) is 11.0. The van der Waals surface area contributed by atoms with Gasteiger partial charge in [0.15, 0.2) is 5.69 Å². The molecule has 0 saturated heterocycles. The maximum absolute atomic E-state index is 11.0. The van der Waals surface area contributed by atoms with Gasteiger partial charge in [0.25, 0.3) is 0 Å². The van der Waals surface area contributed by atoms with Gasteiger partial charge in [0.05, 0.1) is 4.92 Å². The fraction of sp³-hybridized carbons (Fsp3) is 0.231. The minimum absolute atomic E-state index is 0.00599. The van der Waals surface area contributed by atoms with Crippen molar-refractivity contribution in [2.45, 2.75) is 19.8 Å². The van der Waals surface area contributed by atoms with Crippen LogP contribution in [0.1, 0.15) is 25.3 Å². The number of halogens is 1. The number of hydrogen-bond acceptors (Lipinski definition) is 4. The van der Waals surface area contributed by atoms with Crippen molar-refractivity contribution < 1.29 is 4.92 Å². The van der Waals surface area contributed by atoms with Crippen LogP contribution >= 0.6 is 11.6 Å². The molecule has 0 amide bonds. The van der Waals surface area contributed by atoms with E-state index in [1.165, 1.54) is 0 Å². The second-order valence-corrected chi connectivity index (χ2v) is 4.74. The van der Waals surface area contributed by atoms with Crippen molar-refractivity contribution in [3.63, 3.8) is 0 Å². The highest BCUT2D eigenvalue weighted by atomic mass is 35.5. The fourth-order valence-corrected chi connectivity index (χ4v) is 1.86. The zero-order chi connectivity index (χ0) is 14.0. The first-order chi connectivity index (χ1) is 8.99. The molecule has 2 aromatic rings. The lowest BCUT2D eigenvalue weighted by Crippen LogP contribution is -1.97. The standard InChI is InChI=1S/C13H12ClN3O2/c1-8(2)9-3-5-10(6-4-9)12-11(17(18)19)7-15-13(14)16-12/h3-8H,1-2H3. The first-order valence-corrected chi connectivity index (χ1v) is 6.14. The molecule has 0 fully saturated rings. The average Bonchev–Trinajstić information content (AvgIpc) is 2.38. The molecule has 0 N–H and O–H groups in total. The van der Waals surface area contributed by atoms with Gasteiger partial charge < -0.3 is 0 Å². The molecule has 0 unspecified atom stereocenters. The van der Waals surface area contributed by atoms with Gasteiger partial charge in [-0.25, -0.2) is 9.97 Å². The Balaban J connectivity index is 2.51. The molecule has 0 aliphatic rings. The summed E-state index contributed by atoms with van der Waals surface area (Å²) < 4.78 is 0. The van der Waals surface area contributed by atoms with Gasteiger partial charge in [-0.2, -0.15) is 0 Å². The third kappa shape index (κ3) is 2.88. The van der Waals surface area contributed by atoms with Crippen molar-refractivity contribution in [2.24, 2.45) is 0 Å². The van der Waals surface area contributed by atoms with E-state index in [9.17, 15) is 10.1 Å². The summed E-state index contributed by atoms with van der Waals surface area (Å²) in [5.74, 6) is 0.401. The lowest BCUT2D eigenvalue weighted by molar-refractivity contribution is -0.384. The van der Waals surface area contributed by atoms with Crippen molar-refractivity contribution >= 4 is 17.3 Å². The lowest BCUT2D eigenvalue weighted by atomic mass is 10.0. The van der Waals surface area contributed by atoms with Crippen LogP contribution in [0.4, 0.5) is 5.69 Å². The summed E-state index contributed by atoms with van der Waals surface area (Å²) >= 11 is 5.71. The Bertz CT molecular complexity index is 612. The van der Waals surface area contributed by atoms with Crippen molar-refractivity contribution in [2.75, 3.05) is 0 Å². The fourth-order valence-electron chi connectivity index (χ4n) is 1.73. The van der Waals surface area contributed by atoms with Crippen LogP contribution in [-0.4, -0.2) is 14.9 Å². The molecule has 1 aromatic carbocycles. The Hall–Kier alpha value is -2.01. The first-order valence-electron chi connectivity index (χ1n) is 5.76. The molecular weight excluding hydrogens is 266 g/mol. The molecule has 0 spiro atoms. The molecule has 0 bridgehead atoms. The SMILES string of the molecule is CC(C)c1ccc(-c2nc(Cl)ncc2[N+](=O)[O-])cc1. The summed E-state index contributed by atoms with van der Waals surface area (Å²) in [4.78, 5) is 18.0. The maximum Gasteiger partial charge on any atom is 0.313 e. The molecule has 1 aromatic heterocycles. The minimum atomic E-state index is -0.512. The second-order valence-electron chi connectivity index (χ2n) is 4.41. The van der Waals surface area contributed by atoms with Crippen LogP contribution < -0.4 is 0 Å².